The molecule has 87 heavy (non-hydrogen) atoms. The first-order valence-corrected chi connectivity index (χ1v) is 0. The van der Waals surface area contributed by atoms with Crippen LogP contribution in [0.1, 0.15) is 0 Å². The van der Waals surface area contributed by atoms with Crippen molar-refractivity contribution in [3.05, 3.63) is 0 Å². The molecule has 0 fully saturated rings. The summed E-state index contributed by atoms with van der Waals surface area (Å²) in [5.41, 5.74) is 0. The minimum Gasteiger partial charge on any atom is 0 e. The van der Waals surface area contributed by atoms with Gasteiger partial charge in [-0.05, 0) is 0 Å². The van der Waals surface area contributed by atoms with Crippen LogP contribution in [-0.4, -0.2) is 0 Å². The predicted molar refractivity (Wildman–Crippen MR) is 0 cm³/mol. The molecule has 0 aromatic heterocycles. The largest absolute Gasteiger partial charge is 0 e. The van der Waals surface area contributed by atoms with Crippen LogP contribution in [0.25, 0.3) is 0 Å². The van der Waals surface area contributed by atoms with Crippen LogP contribution >= 0.6 is 0 Å². The second kappa shape index (κ2) is 977. The first-order valence-electron chi connectivity index (χ1n) is 0. The van der Waals surface area contributed by atoms with Crippen molar-refractivity contribution < 1.29 is 1610 Å². The van der Waals surface area contributed by atoms with Crippen molar-refractivity contribution in [1.29, 1.82) is 0 Å². The molecule has 0 saturated carbocycles. The monoisotopic (exact) mass is 4430 g/mol. The number of hydrogen-bond donors (Lipinski definition) is 0. The van der Waals surface area contributed by atoms with E-state index in [1.54, 1.807) is 0 Å². The number of rotatable bonds is 0. The van der Waals surface area contributed by atoms with Gasteiger partial charge in [0.2, 0.25) is 0 Å². The number of hydrogen-bond acceptors (Lipinski definition) is 0. The van der Waals surface area contributed by atoms with Gasteiger partial charge >= 0.3 is 0 Å². The average molecular weight is 4430 g/mol. The molecular formula is V87. The van der Waals surface area contributed by atoms with E-state index in [0.29, 0.717) is 0 Å². The molecule has 0 N–H and O–H groups in total. The van der Waals surface area contributed by atoms with Crippen LogP contribution < -0.4 is 0 Å². The molecular weight excluding hydrogens is 4430 g/mol. The fourth-order valence-corrected chi connectivity index (χ4v) is 0. The van der Waals surface area contributed by atoms with Crippen LogP contribution in [-0.2, 0) is 1610 Å². The Morgan fingerprint density at radius 2 is 0.0115 bits per heavy atom. The molecule has 0 aliphatic rings. The third-order valence-corrected chi connectivity index (χ3v) is 0. The van der Waals surface area contributed by atoms with E-state index >= 15 is 0 Å². The van der Waals surface area contributed by atoms with Gasteiger partial charge in [0.05, 0.1) is 0 Å². The Morgan fingerprint density at radius 1 is 0.0115 bits per heavy atom. The van der Waals surface area contributed by atoms with Crippen LogP contribution in [0.3, 0.4) is 0 Å². The third-order valence-electron chi connectivity index (χ3n) is 0. The van der Waals surface area contributed by atoms with E-state index < -0.39 is 0 Å². The van der Waals surface area contributed by atoms with Gasteiger partial charge < -0.3 is 0 Å². The van der Waals surface area contributed by atoms with Crippen molar-refractivity contribution in [3.8, 4) is 0 Å². The molecule has 0 aliphatic carbocycles. The Bertz CT molecular complexity index is 0. The van der Waals surface area contributed by atoms with E-state index in [4.69, 9.17) is 0 Å². The van der Waals surface area contributed by atoms with Gasteiger partial charge in [-0.25, -0.2) is 0 Å². The third kappa shape index (κ3) is 963. The minimum atomic E-state index is 0. The smallest absolute Gasteiger partial charge is 0 e. The van der Waals surface area contributed by atoms with Crippen LogP contribution in [0.2, 0.25) is 0 Å². The topological polar surface area (TPSA) is 0 Å². The molecule has 87 radical (unpaired) electrons. The summed E-state index contributed by atoms with van der Waals surface area (Å²) in [6.45, 7) is 0. The van der Waals surface area contributed by atoms with Crippen LogP contribution in [0.4, 0.5) is 0 Å². The van der Waals surface area contributed by atoms with Gasteiger partial charge in [-0.2, -0.15) is 0 Å². The van der Waals surface area contributed by atoms with E-state index in [2.05, 4.69) is 0 Å². The maximum Gasteiger partial charge on any atom is 0 e. The maximum absolute atomic E-state index is 0. The standard InChI is InChI=1S/87V. The summed E-state index contributed by atoms with van der Waals surface area (Å²) < 4.78 is 0. The molecule has 0 amide bonds. The SMILES string of the molecule is [V].[V].[V].[V].[V].[V].[V].[V].[V].[V].[V].[V].[V].[V].[V].[V].[V].[V].[V].[V].[V].[V].[V].[V].[V].[V].[V].[V].[V].[V].[V].[V].[V].[V].[V].[V].[V].[V].[V].[V].[V].[V].[V].[V].[V].[V].[V].[V].[V].[V].[V].[V].[V].[V].[V].[V].[V].[V].[V].[V].[V].[V].[V].[V].[V].[V].[V].[V].[V].[V].[V].[V].[V].[V].[V].[V].[V].[V].[V].[V].[V].[V].[V].[V].[V].[V].[V]. The molecule has 0 atom stereocenters. The summed E-state index contributed by atoms with van der Waals surface area (Å²) in [5.74, 6) is 0. The van der Waals surface area contributed by atoms with Crippen LogP contribution in [0.5, 0.6) is 0 Å². The summed E-state index contributed by atoms with van der Waals surface area (Å²) in [6.07, 6.45) is 0. The van der Waals surface area contributed by atoms with Gasteiger partial charge in [0, 0.05) is 1610 Å². The first-order chi connectivity index (χ1) is 0. The Labute approximate surface area is 1570 Å². The molecule has 0 rings (SSSR count). The summed E-state index contributed by atoms with van der Waals surface area (Å²) in [4.78, 5) is 0. The summed E-state index contributed by atoms with van der Waals surface area (Å²) >= 11 is 0. The van der Waals surface area contributed by atoms with Gasteiger partial charge in [0.1, 0.15) is 0 Å². The summed E-state index contributed by atoms with van der Waals surface area (Å²) in [6, 6.07) is 0. The predicted octanol–water partition coefficient (Wildman–Crippen LogP) is -0.218. The molecule has 87 heteroatoms. The molecule has 0 aliphatic heterocycles. The van der Waals surface area contributed by atoms with Crippen molar-refractivity contribution in [3.63, 3.8) is 0 Å². The van der Waals surface area contributed by atoms with E-state index in [0.717, 1.165) is 0 Å². The normalized spacial score (nSPS) is 0. The molecule has 0 aromatic rings. The molecule has 0 bridgehead atoms. The quantitative estimate of drug-likeness (QED) is 0.316. The second-order valence-corrected chi connectivity index (χ2v) is 0. The summed E-state index contributed by atoms with van der Waals surface area (Å²) in [5, 5.41) is 0. The second-order valence-electron chi connectivity index (χ2n) is 0. The summed E-state index contributed by atoms with van der Waals surface area (Å²) in [7, 11) is 0. The molecule has 0 heterocycles. The fourth-order valence-electron chi connectivity index (χ4n) is 0. The van der Waals surface area contributed by atoms with Gasteiger partial charge in [-0.15, -0.1) is 0 Å². The van der Waals surface area contributed by atoms with Crippen LogP contribution in [0.15, 0.2) is 0 Å². The Balaban J connectivity index is 0. The van der Waals surface area contributed by atoms with Crippen molar-refractivity contribution in [2.45, 2.75) is 0 Å². The Kier molecular flexibility index (Phi) is 11200. The van der Waals surface area contributed by atoms with Crippen molar-refractivity contribution in [1.82, 2.24) is 0 Å². The molecule has 435 valence electrons. The van der Waals surface area contributed by atoms with E-state index in [1.807, 2.05) is 0 Å². The van der Waals surface area contributed by atoms with Gasteiger partial charge in [-0.3, -0.25) is 0 Å². The molecule has 0 unspecified atom stereocenters. The van der Waals surface area contributed by atoms with Crippen LogP contribution in [0, 0.1) is 0 Å². The van der Waals surface area contributed by atoms with Gasteiger partial charge in [0.25, 0.3) is 0 Å². The zero-order chi connectivity index (χ0) is 0. The van der Waals surface area contributed by atoms with E-state index in [1.165, 1.54) is 0 Å². The van der Waals surface area contributed by atoms with E-state index in [-0.39, 0.29) is 1610 Å². The Morgan fingerprint density at radius 3 is 0.0115 bits per heavy atom. The van der Waals surface area contributed by atoms with Crippen molar-refractivity contribution in [2.24, 2.45) is 0 Å². The molecule has 0 nitrogen and oxygen atoms in total. The molecule has 0 spiro atoms. The zero-order valence-electron chi connectivity index (χ0n) is 38.9. The van der Waals surface area contributed by atoms with Gasteiger partial charge in [0.15, 0.2) is 0 Å². The molecule has 0 aromatic carbocycles. The van der Waals surface area contributed by atoms with Gasteiger partial charge in [-0.1, -0.05) is 0 Å². The first kappa shape index (κ1) is 999. The zero-order valence-corrected chi connectivity index (χ0v) is 160. The maximum atomic E-state index is 0. The Hall–Kier alpha value is 50.8. The van der Waals surface area contributed by atoms with Crippen molar-refractivity contribution >= 4 is 0 Å². The minimum absolute atomic E-state index is 0. The fraction of sp³-hybridized carbons (Fsp3) is 0. The molecule has 0 saturated heterocycles. The van der Waals surface area contributed by atoms with E-state index in [9.17, 15) is 0 Å². The van der Waals surface area contributed by atoms with Crippen molar-refractivity contribution in [2.75, 3.05) is 0 Å². The average Bonchev–Trinajstić information content (AvgIpc) is 0.